The second kappa shape index (κ2) is 11.2. The molecule has 1 aliphatic heterocycles. The Morgan fingerprint density at radius 1 is 0.844 bits per heavy atom. The van der Waals surface area contributed by atoms with Crippen LogP contribution in [0.2, 0.25) is 0 Å². The second-order valence-corrected chi connectivity index (χ2v) is 14.2. The summed E-state index contributed by atoms with van der Waals surface area (Å²) in [5.74, 6) is -3.40. The van der Waals surface area contributed by atoms with Crippen LogP contribution in [0.5, 0.6) is 0 Å². The van der Waals surface area contributed by atoms with Gasteiger partial charge in [0.25, 0.3) is 0 Å². The van der Waals surface area contributed by atoms with Crippen molar-refractivity contribution in [2.45, 2.75) is 85.1 Å². The van der Waals surface area contributed by atoms with Crippen LogP contribution in [0, 0.1) is 17.7 Å². The fourth-order valence-electron chi connectivity index (χ4n) is 7.33. The van der Waals surface area contributed by atoms with E-state index < -0.39 is 73.7 Å². The Morgan fingerprint density at radius 3 is 1.98 bits per heavy atom. The molecule has 3 aliphatic rings. The molecule has 6 nitrogen and oxygen atoms in total. The maximum absolute atomic E-state index is 15.1. The smallest absolute Gasteiger partial charge is 0.435 e. The van der Waals surface area contributed by atoms with Gasteiger partial charge in [0.15, 0.2) is 9.84 Å². The molecule has 1 saturated carbocycles. The fourth-order valence-corrected chi connectivity index (χ4v) is 9.70. The lowest BCUT2D eigenvalue weighted by Gasteiger charge is -2.39. The average Bonchev–Trinajstić information content (AvgIpc) is 3.27. The Morgan fingerprint density at radius 2 is 1.42 bits per heavy atom. The summed E-state index contributed by atoms with van der Waals surface area (Å²) in [6, 6.07) is 4.15. The van der Waals surface area contributed by atoms with Gasteiger partial charge in [-0.2, -0.15) is 26.3 Å². The lowest BCUT2D eigenvalue weighted by atomic mass is 9.81. The molecule has 5 rings (SSSR count). The molecule has 0 radical (unpaired) electrons. The first-order valence-electron chi connectivity index (χ1n) is 14.4. The van der Waals surface area contributed by atoms with Crippen molar-refractivity contribution in [2.75, 3.05) is 6.54 Å². The largest absolute Gasteiger partial charge is 0.481 e. The standard InChI is InChI=1S/C30H29F8NO5S/c31-21-9-11-22(12-10-21)45(43,44)27-14-15-39(25(40)17-4-6-18(7-5-17)26(41)42)24(27)3-1-2-19-16-20(8-13-23(19)27)28(32,29(33,34)35)30(36,37)38/h8-13,16-18,24H,1-7,14-15H2,(H,41,42)/t17-,18-,24-,27-/m0/s1. The van der Waals surface area contributed by atoms with E-state index in [0.717, 1.165) is 30.3 Å². The van der Waals surface area contributed by atoms with E-state index >= 15 is 4.39 Å². The molecular formula is C30H29F8NO5S. The molecule has 1 saturated heterocycles. The highest BCUT2D eigenvalue weighted by molar-refractivity contribution is 7.92. The summed E-state index contributed by atoms with van der Waals surface area (Å²) in [7, 11) is -4.61. The number of hydrogen-bond donors (Lipinski definition) is 1. The van der Waals surface area contributed by atoms with Crippen LogP contribution < -0.4 is 0 Å². The maximum atomic E-state index is 15.1. The molecule has 0 spiro atoms. The number of aliphatic carboxylic acids is 1. The molecule has 2 aromatic rings. The first kappa shape index (κ1) is 33.1. The van der Waals surface area contributed by atoms with Crippen molar-refractivity contribution in [3.63, 3.8) is 0 Å². The SMILES string of the molecule is O=C(O)[C@H]1CC[C@H](C(=O)N2CC[C@]3(S(=O)(=O)c4ccc(F)cc4)c4ccc(C(F)(C(F)(F)F)C(F)(F)F)cc4CCC[C@H]23)CC1. The van der Waals surface area contributed by atoms with Gasteiger partial charge in [-0.25, -0.2) is 17.2 Å². The minimum Gasteiger partial charge on any atom is -0.481 e. The van der Waals surface area contributed by atoms with Gasteiger partial charge < -0.3 is 10.0 Å². The van der Waals surface area contributed by atoms with Gasteiger partial charge in [0.1, 0.15) is 10.6 Å². The zero-order valence-corrected chi connectivity index (χ0v) is 24.4. The Labute approximate surface area is 253 Å². The summed E-state index contributed by atoms with van der Waals surface area (Å²) in [5, 5.41) is 9.33. The number of carboxylic acid groups (broad SMARTS) is 1. The molecule has 45 heavy (non-hydrogen) atoms. The number of sulfone groups is 1. The fraction of sp³-hybridized carbons (Fsp3) is 0.533. The van der Waals surface area contributed by atoms with E-state index in [2.05, 4.69) is 0 Å². The van der Waals surface area contributed by atoms with Crippen LogP contribution in [-0.4, -0.2) is 55.2 Å². The first-order chi connectivity index (χ1) is 20.9. The van der Waals surface area contributed by atoms with Crippen LogP contribution in [0.1, 0.15) is 61.6 Å². The number of fused-ring (bicyclic) bond motifs is 3. The molecule has 0 bridgehead atoms. The quantitative estimate of drug-likeness (QED) is 0.286. The summed E-state index contributed by atoms with van der Waals surface area (Å²) in [5.41, 5.74) is -7.84. The molecule has 2 aromatic carbocycles. The van der Waals surface area contributed by atoms with E-state index in [0.29, 0.717) is 12.1 Å². The molecule has 1 N–H and O–H groups in total. The van der Waals surface area contributed by atoms with Crippen LogP contribution in [0.25, 0.3) is 0 Å². The Bertz CT molecular complexity index is 1570. The zero-order valence-electron chi connectivity index (χ0n) is 23.6. The number of likely N-dealkylation sites (tertiary alicyclic amines) is 1. The summed E-state index contributed by atoms with van der Waals surface area (Å²) >= 11 is 0. The van der Waals surface area contributed by atoms with E-state index in [4.69, 9.17) is 0 Å². The van der Waals surface area contributed by atoms with Gasteiger partial charge in [0.05, 0.1) is 16.9 Å². The molecule has 0 aromatic heterocycles. The summed E-state index contributed by atoms with van der Waals surface area (Å²) < 4.78 is 138. The number of aryl methyl sites for hydroxylation is 1. The molecule has 2 atom stereocenters. The van der Waals surface area contributed by atoms with Crippen molar-refractivity contribution in [1.82, 2.24) is 4.90 Å². The van der Waals surface area contributed by atoms with Crippen molar-refractivity contribution in [3.8, 4) is 0 Å². The van der Waals surface area contributed by atoms with E-state index in [1.165, 1.54) is 4.90 Å². The highest BCUT2D eigenvalue weighted by atomic mass is 32.2. The Kier molecular flexibility index (Phi) is 8.27. The topological polar surface area (TPSA) is 91.8 Å². The normalized spacial score (nSPS) is 26.1. The van der Waals surface area contributed by atoms with Crippen LogP contribution in [0.15, 0.2) is 47.4 Å². The minimum absolute atomic E-state index is 0.0000412. The third kappa shape index (κ3) is 5.18. The third-order valence-corrected chi connectivity index (χ3v) is 12.2. The molecular weight excluding hydrogens is 638 g/mol. The number of hydrogen-bond acceptors (Lipinski definition) is 4. The van der Waals surface area contributed by atoms with Crippen LogP contribution >= 0.6 is 0 Å². The van der Waals surface area contributed by atoms with E-state index in [1.54, 1.807) is 0 Å². The Balaban J connectivity index is 1.65. The van der Waals surface area contributed by atoms with Gasteiger partial charge in [-0.1, -0.05) is 18.2 Å². The van der Waals surface area contributed by atoms with Crippen LogP contribution in [0.3, 0.4) is 0 Å². The average molecular weight is 668 g/mol. The van der Waals surface area contributed by atoms with Crippen LogP contribution in [-0.2, 0) is 36.3 Å². The maximum Gasteiger partial charge on any atom is 0.435 e. The van der Waals surface area contributed by atoms with Gasteiger partial charge >= 0.3 is 24.0 Å². The number of halogens is 8. The lowest BCUT2D eigenvalue weighted by Crippen LogP contribution is -2.51. The number of carbonyl (C=O) groups excluding carboxylic acids is 1. The molecule has 2 fully saturated rings. The van der Waals surface area contributed by atoms with E-state index in [-0.39, 0.29) is 73.9 Å². The van der Waals surface area contributed by atoms with Gasteiger partial charge in [-0.3, -0.25) is 9.59 Å². The molecule has 0 unspecified atom stereocenters. The third-order valence-electron chi connectivity index (χ3n) is 9.61. The van der Waals surface area contributed by atoms with Gasteiger partial charge in [-0.05, 0) is 86.8 Å². The number of carboxylic acids is 1. The molecule has 15 heteroatoms. The van der Waals surface area contributed by atoms with Crippen molar-refractivity contribution in [3.05, 3.63) is 65.0 Å². The van der Waals surface area contributed by atoms with E-state index in [9.17, 15) is 53.8 Å². The Hall–Kier alpha value is -3.23. The number of benzene rings is 2. The monoisotopic (exact) mass is 667 g/mol. The van der Waals surface area contributed by atoms with Crippen molar-refractivity contribution in [2.24, 2.45) is 11.8 Å². The number of rotatable bonds is 5. The van der Waals surface area contributed by atoms with Crippen LogP contribution in [0.4, 0.5) is 35.1 Å². The summed E-state index contributed by atoms with van der Waals surface area (Å²) in [4.78, 5) is 26.3. The van der Waals surface area contributed by atoms with Gasteiger partial charge in [0.2, 0.25) is 5.91 Å². The lowest BCUT2D eigenvalue weighted by molar-refractivity contribution is -0.348. The number of alkyl halides is 7. The number of amides is 1. The van der Waals surface area contributed by atoms with Gasteiger partial charge in [-0.15, -0.1) is 0 Å². The second-order valence-electron chi connectivity index (χ2n) is 11.9. The van der Waals surface area contributed by atoms with E-state index in [1.807, 2.05) is 0 Å². The molecule has 1 heterocycles. The highest BCUT2D eigenvalue weighted by Gasteiger charge is 2.73. The minimum atomic E-state index is -6.37. The predicted octanol–water partition coefficient (Wildman–Crippen LogP) is 6.61. The summed E-state index contributed by atoms with van der Waals surface area (Å²) in [6.45, 7) is -0.123. The van der Waals surface area contributed by atoms with Crippen molar-refractivity contribution < 1.29 is 58.2 Å². The molecule has 1 amide bonds. The molecule has 246 valence electrons. The first-order valence-corrected chi connectivity index (χ1v) is 15.8. The predicted molar refractivity (Wildman–Crippen MR) is 143 cm³/mol. The number of nitrogens with zero attached hydrogens (tertiary/aromatic N) is 1. The number of carbonyl (C=O) groups is 2. The van der Waals surface area contributed by atoms with Gasteiger partial charge in [0, 0.05) is 18.0 Å². The van der Waals surface area contributed by atoms with Crippen molar-refractivity contribution >= 4 is 21.7 Å². The van der Waals surface area contributed by atoms with Crippen molar-refractivity contribution in [1.29, 1.82) is 0 Å². The zero-order chi connectivity index (χ0) is 33.2. The summed E-state index contributed by atoms with van der Waals surface area (Å²) in [6.07, 6.45) is -12.2. The molecule has 2 aliphatic carbocycles. The highest BCUT2D eigenvalue weighted by Crippen LogP contribution is 2.56.